The maximum Gasteiger partial charge on any atom is 0.234 e. The van der Waals surface area contributed by atoms with Crippen molar-refractivity contribution in [3.63, 3.8) is 0 Å². The van der Waals surface area contributed by atoms with E-state index in [4.69, 9.17) is 10.3 Å². The Morgan fingerprint density at radius 1 is 1.41 bits per heavy atom. The fourth-order valence-electron chi connectivity index (χ4n) is 3.02. The first-order valence-electron chi connectivity index (χ1n) is 7.27. The van der Waals surface area contributed by atoms with E-state index < -0.39 is 11.4 Å². The lowest BCUT2D eigenvalue weighted by atomic mass is 9.77. The maximum absolute atomic E-state index is 13.3. The van der Waals surface area contributed by atoms with Crippen molar-refractivity contribution < 1.29 is 13.7 Å². The van der Waals surface area contributed by atoms with Gasteiger partial charge in [-0.25, -0.2) is 4.39 Å². The van der Waals surface area contributed by atoms with Crippen molar-refractivity contribution in [2.45, 2.75) is 37.1 Å². The van der Waals surface area contributed by atoms with Crippen LogP contribution in [0.4, 0.5) is 10.1 Å². The van der Waals surface area contributed by atoms with Gasteiger partial charge in [0.25, 0.3) is 0 Å². The fourth-order valence-corrected chi connectivity index (χ4v) is 3.02. The lowest BCUT2D eigenvalue weighted by Gasteiger charge is -2.34. The van der Waals surface area contributed by atoms with Gasteiger partial charge in [0.05, 0.1) is 11.5 Å². The highest BCUT2D eigenvalue weighted by atomic mass is 19.1. The number of nitrogens with one attached hydrogen (secondary N) is 1. The minimum atomic E-state index is -0.510. The number of rotatable bonds is 2. The van der Waals surface area contributed by atoms with Crippen LogP contribution in [0.25, 0.3) is 0 Å². The van der Waals surface area contributed by atoms with Gasteiger partial charge < -0.3 is 15.6 Å². The van der Waals surface area contributed by atoms with Gasteiger partial charge in [-0.1, -0.05) is 11.2 Å². The molecule has 7 heteroatoms. The Labute approximate surface area is 125 Å². The summed E-state index contributed by atoms with van der Waals surface area (Å²) in [6.45, 7) is 0. The molecule has 22 heavy (non-hydrogen) atoms. The summed E-state index contributed by atoms with van der Waals surface area (Å²) in [7, 11) is 0. The number of nitrogens with zero attached hydrogens (tertiary/aromatic N) is 2. The lowest BCUT2D eigenvalue weighted by molar-refractivity contribution is -0.116. The average molecular weight is 302 g/mol. The molecule has 3 N–H and O–H groups in total. The highest BCUT2D eigenvalue weighted by molar-refractivity contribution is 5.95. The molecule has 1 aliphatic heterocycles. The molecule has 114 valence electrons. The van der Waals surface area contributed by atoms with Gasteiger partial charge in [-0.05, 0) is 37.0 Å². The molecule has 1 unspecified atom stereocenters. The summed E-state index contributed by atoms with van der Waals surface area (Å²) in [6.07, 6.45) is 2.91. The van der Waals surface area contributed by atoms with E-state index in [1.54, 1.807) is 6.07 Å². The zero-order chi connectivity index (χ0) is 15.3. The molecule has 1 aromatic heterocycles. The van der Waals surface area contributed by atoms with E-state index in [2.05, 4.69) is 15.5 Å². The Hall–Kier alpha value is -2.28. The maximum atomic E-state index is 13.3. The summed E-state index contributed by atoms with van der Waals surface area (Å²) >= 11 is 0. The molecule has 1 aromatic carbocycles. The smallest absolute Gasteiger partial charge is 0.234 e. The van der Waals surface area contributed by atoms with Crippen LogP contribution in [0.5, 0.6) is 0 Å². The number of benzene rings is 1. The van der Waals surface area contributed by atoms with Gasteiger partial charge in [0.2, 0.25) is 11.8 Å². The standard InChI is InChI=1S/C15H15FN4O2/c16-8-2-3-9-10(7-12(21)18-11(9)6-8)13-19-14(20-22-13)15(17)4-1-5-15/h2-3,6,10H,1,4-5,7,17H2,(H,18,21). The van der Waals surface area contributed by atoms with E-state index in [0.717, 1.165) is 24.8 Å². The van der Waals surface area contributed by atoms with Crippen LogP contribution < -0.4 is 11.1 Å². The topological polar surface area (TPSA) is 94.0 Å². The average Bonchev–Trinajstić information content (AvgIpc) is 2.93. The second-order valence-corrected chi connectivity index (χ2v) is 6.00. The summed E-state index contributed by atoms with van der Waals surface area (Å²) in [5, 5.41) is 6.65. The molecule has 0 spiro atoms. The van der Waals surface area contributed by atoms with Gasteiger partial charge in [0, 0.05) is 12.1 Å². The molecular weight excluding hydrogens is 287 g/mol. The summed E-state index contributed by atoms with van der Waals surface area (Å²) in [4.78, 5) is 16.3. The highest BCUT2D eigenvalue weighted by Crippen LogP contribution is 2.40. The molecule has 0 bridgehead atoms. The van der Waals surface area contributed by atoms with Crippen LogP contribution in [0, 0.1) is 5.82 Å². The van der Waals surface area contributed by atoms with E-state index >= 15 is 0 Å². The summed E-state index contributed by atoms with van der Waals surface area (Å²) in [6, 6.07) is 4.30. The number of hydrogen-bond donors (Lipinski definition) is 2. The number of carbonyl (C=O) groups is 1. The van der Waals surface area contributed by atoms with Crippen LogP contribution in [0.1, 0.15) is 48.9 Å². The van der Waals surface area contributed by atoms with Gasteiger partial charge in [-0.3, -0.25) is 4.79 Å². The number of amides is 1. The molecule has 0 saturated heterocycles. The third kappa shape index (κ3) is 2.00. The fraction of sp³-hybridized carbons (Fsp3) is 0.400. The van der Waals surface area contributed by atoms with Crippen LogP contribution >= 0.6 is 0 Å². The quantitative estimate of drug-likeness (QED) is 0.885. The predicted molar refractivity (Wildman–Crippen MR) is 75.5 cm³/mol. The molecule has 1 atom stereocenters. The Balaban J connectivity index is 1.72. The van der Waals surface area contributed by atoms with Crippen molar-refractivity contribution in [3.8, 4) is 0 Å². The van der Waals surface area contributed by atoms with Gasteiger partial charge in [0.1, 0.15) is 5.82 Å². The third-order valence-electron chi connectivity index (χ3n) is 4.49. The number of carbonyl (C=O) groups excluding carboxylic acids is 1. The molecule has 0 radical (unpaired) electrons. The number of aromatic nitrogens is 2. The van der Waals surface area contributed by atoms with Gasteiger partial charge in [-0.2, -0.15) is 4.98 Å². The van der Waals surface area contributed by atoms with E-state index in [9.17, 15) is 9.18 Å². The zero-order valence-corrected chi connectivity index (χ0v) is 11.8. The van der Waals surface area contributed by atoms with Crippen molar-refractivity contribution >= 4 is 11.6 Å². The minimum Gasteiger partial charge on any atom is -0.339 e. The second-order valence-electron chi connectivity index (χ2n) is 6.00. The Bertz CT molecular complexity index is 754. The Morgan fingerprint density at radius 2 is 2.23 bits per heavy atom. The van der Waals surface area contributed by atoms with E-state index in [1.807, 2.05) is 0 Å². The van der Waals surface area contributed by atoms with Gasteiger partial charge >= 0.3 is 0 Å². The zero-order valence-electron chi connectivity index (χ0n) is 11.8. The largest absolute Gasteiger partial charge is 0.339 e. The molecule has 1 aliphatic carbocycles. The minimum absolute atomic E-state index is 0.192. The summed E-state index contributed by atoms with van der Waals surface area (Å²) in [5.74, 6) is -0.123. The van der Waals surface area contributed by atoms with Crippen molar-refractivity contribution in [2.24, 2.45) is 5.73 Å². The first-order chi connectivity index (χ1) is 10.5. The van der Waals surface area contributed by atoms with Crippen LogP contribution in [-0.2, 0) is 10.3 Å². The number of anilines is 1. The van der Waals surface area contributed by atoms with E-state index in [1.165, 1.54) is 12.1 Å². The second kappa shape index (κ2) is 4.61. The predicted octanol–water partition coefficient (Wildman–Crippen LogP) is 2.02. The SMILES string of the molecule is NC1(c2noc(C3CC(=O)Nc4cc(F)ccc43)n2)CCC1. The number of nitrogens with two attached hydrogens (primary N) is 1. The number of fused-ring (bicyclic) bond motifs is 1. The first-order valence-corrected chi connectivity index (χ1v) is 7.27. The van der Waals surface area contributed by atoms with Crippen molar-refractivity contribution in [1.82, 2.24) is 10.1 Å². The molecular formula is C15H15FN4O2. The first kappa shape index (κ1) is 13.4. The van der Waals surface area contributed by atoms with Crippen LogP contribution in [-0.4, -0.2) is 16.0 Å². The highest BCUT2D eigenvalue weighted by Gasteiger charge is 2.40. The summed E-state index contributed by atoms with van der Waals surface area (Å²) < 4.78 is 18.7. The van der Waals surface area contributed by atoms with E-state index in [-0.39, 0.29) is 18.2 Å². The van der Waals surface area contributed by atoms with Crippen LogP contribution in [0.3, 0.4) is 0 Å². The molecule has 2 aliphatic rings. The Kier molecular flexibility index (Phi) is 2.80. The molecule has 6 nitrogen and oxygen atoms in total. The normalized spacial score (nSPS) is 22.6. The molecule has 4 rings (SSSR count). The number of halogens is 1. The lowest BCUT2D eigenvalue weighted by Crippen LogP contribution is -2.44. The molecule has 1 fully saturated rings. The van der Waals surface area contributed by atoms with Gasteiger partial charge in [0.15, 0.2) is 5.82 Å². The van der Waals surface area contributed by atoms with Crippen molar-refractivity contribution in [2.75, 3.05) is 5.32 Å². The monoisotopic (exact) mass is 302 g/mol. The Morgan fingerprint density at radius 3 is 2.95 bits per heavy atom. The molecule has 2 aromatic rings. The third-order valence-corrected chi connectivity index (χ3v) is 4.49. The molecule has 1 amide bonds. The molecule has 2 heterocycles. The van der Waals surface area contributed by atoms with Gasteiger partial charge in [-0.15, -0.1) is 0 Å². The van der Waals surface area contributed by atoms with Crippen molar-refractivity contribution in [3.05, 3.63) is 41.3 Å². The van der Waals surface area contributed by atoms with E-state index in [0.29, 0.717) is 17.4 Å². The van der Waals surface area contributed by atoms with Crippen LogP contribution in [0.15, 0.2) is 22.7 Å². The number of hydrogen-bond acceptors (Lipinski definition) is 5. The van der Waals surface area contributed by atoms with Crippen LogP contribution in [0.2, 0.25) is 0 Å². The molecule has 1 saturated carbocycles. The summed E-state index contributed by atoms with van der Waals surface area (Å²) in [5.41, 5.74) is 6.91. The van der Waals surface area contributed by atoms with Crippen molar-refractivity contribution in [1.29, 1.82) is 0 Å².